The summed E-state index contributed by atoms with van der Waals surface area (Å²) in [5, 5.41) is 7.35. The van der Waals surface area contributed by atoms with Gasteiger partial charge >= 0.3 is 6.03 Å². The number of carbonyl (C=O) groups excluding carboxylic acids is 1. The van der Waals surface area contributed by atoms with Crippen molar-refractivity contribution in [2.75, 3.05) is 52.4 Å². The number of rotatable bonds is 7. The SMILES string of the molecule is O=C(NCCCCCCN1CCNCC1)N1CCC(=C2c3ccc(Cl)cc3CCc3cccnc32)CC1. The topological polar surface area (TPSA) is 60.5 Å². The highest BCUT2D eigenvalue weighted by molar-refractivity contribution is 6.30. The lowest BCUT2D eigenvalue weighted by Crippen LogP contribution is -2.43. The molecular formula is C30H40ClN5O. The van der Waals surface area contributed by atoms with Crippen molar-refractivity contribution in [2.45, 2.75) is 51.4 Å². The number of carbonyl (C=O) groups is 1. The minimum Gasteiger partial charge on any atom is -0.338 e. The molecule has 2 N–H and O–H groups in total. The molecule has 6 nitrogen and oxygen atoms in total. The number of fused-ring (bicyclic) bond motifs is 2. The van der Waals surface area contributed by atoms with Gasteiger partial charge in [0.15, 0.2) is 0 Å². The average Bonchev–Trinajstić information content (AvgIpc) is 3.09. The van der Waals surface area contributed by atoms with Crippen LogP contribution in [0.15, 0.2) is 42.1 Å². The molecule has 1 aromatic carbocycles. The van der Waals surface area contributed by atoms with Gasteiger partial charge in [-0.1, -0.05) is 42.1 Å². The van der Waals surface area contributed by atoms with Crippen molar-refractivity contribution in [1.82, 2.24) is 25.4 Å². The third kappa shape index (κ3) is 6.73. The summed E-state index contributed by atoms with van der Waals surface area (Å²) in [5.74, 6) is 0. The van der Waals surface area contributed by atoms with Crippen LogP contribution < -0.4 is 10.6 Å². The first-order chi connectivity index (χ1) is 18.2. The van der Waals surface area contributed by atoms with Gasteiger partial charge in [-0.3, -0.25) is 4.98 Å². The fraction of sp³-hybridized carbons (Fsp3) is 0.533. The van der Waals surface area contributed by atoms with Gasteiger partial charge in [-0.05, 0) is 80.0 Å². The Hall–Kier alpha value is -2.41. The second kappa shape index (κ2) is 12.9. The number of pyridine rings is 1. The fourth-order valence-electron chi connectivity index (χ4n) is 5.92. The van der Waals surface area contributed by atoms with E-state index in [1.165, 1.54) is 66.7 Å². The lowest BCUT2D eigenvalue weighted by Gasteiger charge is -2.30. The van der Waals surface area contributed by atoms with Crippen molar-refractivity contribution in [2.24, 2.45) is 0 Å². The second-order valence-electron chi connectivity index (χ2n) is 10.5. The Labute approximate surface area is 226 Å². The Bertz CT molecular complexity index is 1100. The molecular weight excluding hydrogens is 482 g/mol. The molecule has 3 aliphatic rings. The van der Waals surface area contributed by atoms with E-state index in [1.807, 2.05) is 23.2 Å². The maximum absolute atomic E-state index is 12.8. The molecule has 2 amide bonds. The highest BCUT2D eigenvalue weighted by atomic mass is 35.5. The quantitative estimate of drug-likeness (QED) is 0.508. The summed E-state index contributed by atoms with van der Waals surface area (Å²) < 4.78 is 0. The fourth-order valence-corrected chi connectivity index (χ4v) is 6.11. The number of benzene rings is 1. The first-order valence-corrected chi connectivity index (χ1v) is 14.5. The van der Waals surface area contributed by atoms with Gasteiger partial charge in [-0.15, -0.1) is 0 Å². The first kappa shape index (κ1) is 26.2. The van der Waals surface area contributed by atoms with Crippen molar-refractivity contribution < 1.29 is 4.79 Å². The van der Waals surface area contributed by atoms with Gasteiger partial charge in [0.2, 0.25) is 0 Å². The third-order valence-electron chi connectivity index (χ3n) is 8.02. The Kier molecular flexibility index (Phi) is 9.14. The maximum Gasteiger partial charge on any atom is 0.317 e. The van der Waals surface area contributed by atoms with Crippen LogP contribution in [0.4, 0.5) is 4.79 Å². The van der Waals surface area contributed by atoms with Crippen LogP contribution in [-0.2, 0) is 12.8 Å². The van der Waals surface area contributed by atoms with Crippen molar-refractivity contribution in [3.63, 3.8) is 0 Å². The van der Waals surface area contributed by atoms with E-state index in [4.69, 9.17) is 16.6 Å². The van der Waals surface area contributed by atoms with E-state index in [0.717, 1.165) is 75.5 Å². The van der Waals surface area contributed by atoms with Gasteiger partial charge in [0, 0.05) is 62.6 Å². The number of nitrogens with one attached hydrogen (secondary N) is 2. The van der Waals surface area contributed by atoms with E-state index in [1.54, 1.807) is 0 Å². The Morgan fingerprint density at radius 1 is 0.946 bits per heavy atom. The van der Waals surface area contributed by atoms with Gasteiger partial charge in [0.05, 0.1) is 5.69 Å². The summed E-state index contributed by atoms with van der Waals surface area (Å²) in [5.41, 5.74) is 7.62. The molecule has 0 spiro atoms. The first-order valence-electron chi connectivity index (χ1n) is 14.1. The van der Waals surface area contributed by atoms with Gasteiger partial charge in [-0.25, -0.2) is 4.79 Å². The van der Waals surface area contributed by atoms with Crippen LogP contribution in [0.3, 0.4) is 0 Å². The normalized spacial score (nSPS) is 18.2. The highest BCUT2D eigenvalue weighted by Gasteiger charge is 2.26. The predicted molar refractivity (Wildman–Crippen MR) is 151 cm³/mol. The Balaban J connectivity index is 1.13. The van der Waals surface area contributed by atoms with Crippen LogP contribution >= 0.6 is 11.6 Å². The molecule has 0 saturated carbocycles. The zero-order valence-electron chi connectivity index (χ0n) is 21.9. The summed E-state index contributed by atoms with van der Waals surface area (Å²) in [6.45, 7) is 8.06. The molecule has 0 bridgehead atoms. The smallest absolute Gasteiger partial charge is 0.317 e. The molecule has 0 atom stereocenters. The molecule has 2 saturated heterocycles. The number of aryl methyl sites for hydroxylation is 2. The zero-order chi connectivity index (χ0) is 25.5. The van der Waals surface area contributed by atoms with Crippen molar-refractivity contribution in [3.8, 4) is 0 Å². The standard InChI is InChI=1S/C30H40ClN5O/c31-26-9-10-27-25(22-26)8-7-24-6-5-14-33-29(24)28(27)23-11-18-36(19-12-23)30(37)34-13-3-1-2-4-17-35-20-15-32-16-21-35/h5-6,9-10,14,22,32H,1-4,7-8,11-13,15-21H2,(H,34,37). The number of nitrogens with zero attached hydrogens (tertiary/aromatic N) is 3. The largest absolute Gasteiger partial charge is 0.338 e. The van der Waals surface area contributed by atoms with Crippen LogP contribution in [-0.4, -0.2) is 73.2 Å². The molecule has 2 fully saturated rings. The molecule has 7 heteroatoms. The van der Waals surface area contributed by atoms with E-state index in [9.17, 15) is 4.79 Å². The van der Waals surface area contributed by atoms with Gasteiger partial charge < -0.3 is 20.4 Å². The third-order valence-corrected chi connectivity index (χ3v) is 8.26. The van der Waals surface area contributed by atoms with Crippen LogP contribution in [0.5, 0.6) is 0 Å². The van der Waals surface area contributed by atoms with E-state index in [0.29, 0.717) is 0 Å². The maximum atomic E-state index is 12.8. The summed E-state index contributed by atoms with van der Waals surface area (Å²) in [6, 6.07) is 10.6. The lowest BCUT2D eigenvalue weighted by atomic mass is 9.88. The highest BCUT2D eigenvalue weighted by Crippen LogP contribution is 2.38. The van der Waals surface area contributed by atoms with Gasteiger partial charge in [0.25, 0.3) is 0 Å². The van der Waals surface area contributed by atoms with Crippen molar-refractivity contribution in [3.05, 3.63) is 69.5 Å². The number of piperidine rings is 1. The molecule has 2 aromatic rings. The molecule has 1 aliphatic carbocycles. The Morgan fingerprint density at radius 3 is 2.57 bits per heavy atom. The zero-order valence-corrected chi connectivity index (χ0v) is 22.7. The van der Waals surface area contributed by atoms with Crippen LogP contribution in [0.2, 0.25) is 5.02 Å². The molecule has 37 heavy (non-hydrogen) atoms. The minimum absolute atomic E-state index is 0.0800. The lowest BCUT2D eigenvalue weighted by molar-refractivity contribution is 0.193. The van der Waals surface area contributed by atoms with Crippen LogP contribution in [0.25, 0.3) is 5.57 Å². The van der Waals surface area contributed by atoms with Crippen LogP contribution in [0, 0.1) is 0 Å². The van der Waals surface area contributed by atoms with E-state index >= 15 is 0 Å². The molecule has 1 aromatic heterocycles. The van der Waals surface area contributed by atoms with E-state index < -0.39 is 0 Å². The van der Waals surface area contributed by atoms with Crippen molar-refractivity contribution >= 4 is 23.2 Å². The van der Waals surface area contributed by atoms with Gasteiger partial charge in [-0.2, -0.15) is 0 Å². The summed E-state index contributed by atoms with van der Waals surface area (Å²) in [7, 11) is 0. The number of likely N-dealkylation sites (tertiary alicyclic amines) is 1. The molecule has 0 radical (unpaired) electrons. The van der Waals surface area contributed by atoms with Crippen molar-refractivity contribution in [1.29, 1.82) is 0 Å². The molecule has 3 heterocycles. The monoisotopic (exact) mass is 521 g/mol. The van der Waals surface area contributed by atoms with E-state index in [-0.39, 0.29) is 6.03 Å². The van der Waals surface area contributed by atoms with Crippen LogP contribution in [0.1, 0.15) is 60.9 Å². The minimum atomic E-state index is 0.0800. The molecule has 198 valence electrons. The number of unbranched alkanes of at least 4 members (excludes halogenated alkanes) is 3. The number of amides is 2. The Morgan fingerprint density at radius 2 is 1.73 bits per heavy atom. The number of urea groups is 1. The average molecular weight is 522 g/mol. The molecule has 5 rings (SSSR count). The predicted octanol–water partition coefficient (Wildman–Crippen LogP) is 4.91. The molecule has 2 aliphatic heterocycles. The number of piperazine rings is 1. The van der Waals surface area contributed by atoms with Gasteiger partial charge in [0.1, 0.15) is 0 Å². The number of hydrogen-bond donors (Lipinski definition) is 2. The molecule has 0 unspecified atom stereocenters. The summed E-state index contributed by atoms with van der Waals surface area (Å²) in [4.78, 5) is 22.2. The number of aromatic nitrogens is 1. The van der Waals surface area contributed by atoms with E-state index in [2.05, 4.69) is 33.7 Å². The summed E-state index contributed by atoms with van der Waals surface area (Å²) in [6.07, 6.45) is 10.3. The number of halogens is 1. The second-order valence-corrected chi connectivity index (χ2v) is 11.0. The summed E-state index contributed by atoms with van der Waals surface area (Å²) >= 11 is 6.35. The number of hydrogen-bond acceptors (Lipinski definition) is 4.